The van der Waals surface area contributed by atoms with Gasteiger partial charge in [0.15, 0.2) is 12.0 Å². The lowest BCUT2D eigenvalue weighted by Gasteiger charge is -2.09. The second-order valence-electron chi connectivity index (χ2n) is 3.85. The minimum absolute atomic E-state index is 0.0850. The lowest BCUT2D eigenvalue weighted by atomic mass is 10.0. The molecule has 2 aromatic rings. The number of aryl methyl sites for hydroxylation is 1. The predicted molar refractivity (Wildman–Crippen MR) is 59.3 cm³/mol. The maximum Gasteiger partial charge on any atom is 0.416 e. The van der Waals surface area contributed by atoms with Crippen LogP contribution in [0.25, 0.3) is 11.3 Å². The van der Waals surface area contributed by atoms with Gasteiger partial charge in [-0.05, 0) is 36.8 Å². The second kappa shape index (κ2) is 4.33. The maximum absolute atomic E-state index is 12.6. The molecule has 18 heavy (non-hydrogen) atoms. The van der Waals surface area contributed by atoms with E-state index in [0.29, 0.717) is 17.4 Å². The fourth-order valence-electron chi connectivity index (χ4n) is 1.62. The zero-order chi connectivity index (χ0) is 13.3. The van der Waals surface area contributed by atoms with Crippen LogP contribution in [0.4, 0.5) is 13.2 Å². The van der Waals surface area contributed by atoms with Crippen molar-refractivity contribution in [2.45, 2.75) is 13.1 Å². The van der Waals surface area contributed by atoms with Crippen LogP contribution in [0.15, 0.2) is 34.7 Å². The van der Waals surface area contributed by atoms with Gasteiger partial charge >= 0.3 is 6.18 Å². The lowest BCUT2D eigenvalue weighted by molar-refractivity contribution is -0.137. The number of aldehydes is 1. The van der Waals surface area contributed by atoms with E-state index >= 15 is 0 Å². The quantitative estimate of drug-likeness (QED) is 0.755. The van der Waals surface area contributed by atoms with Crippen LogP contribution in [-0.2, 0) is 6.18 Å². The van der Waals surface area contributed by atoms with Gasteiger partial charge in [0, 0.05) is 5.56 Å². The van der Waals surface area contributed by atoms with Crippen LogP contribution in [0.5, 0.6) is 0 Å². The third-order valence-corrected chi connectivity index (χ3v) is 2.57. The highest BCUT2D eigenvalue weighted by Gasteiger charge is 2.31. The number of furan rings is 1. The highest BCUT2D eigenvalue weighted by atomic mass is 19.4. The van der Waals surface area contributed by atoms with Gasteiger partial charge in [-0.3, -0.25) is 4.79 Å². The Balaban J connectivity index is 2.52. The minimum Gasteiger partial charge on any atom is -0.453 e. The molecule has 0 atom stereocenters. The van der Waals surface area contributed by atoms with Crippen molar-refractivity contribution in [3.05, 3.63) is 47.2 Å². The Morgan fingerprint density at radius 1 is 1.17 bits per heavy atom. The highest BCUT2D eigenvalue weighted by Crippen LogP contribution is 2.34. The van der Waals surface area contributed by atoms with Crippen molar-refractivity contribution in [3.8, 4) is 11.3 Å². The SMILES string of the molecule is Cc1ccc(C(F)(F)F)cc1-c1ccc(C=O)o1. The Hall–Kier alpha value is -2.04. The number of carbonyl (C=O) groups is 1. The van der Waals surface area contributed by atoms with E-state index < -0.39 is 11.7 Å². The van der Waals surface area contributed by atoms with Crippen LogP contribution in [0.2, 0.25) is 0 Å². The molecule has 0 unspecified atom stereocenters. The van der Waals surface area contributed by atoms with Crippen LogP contribution >= 0.6 is 0 Å². The molecule has 0 fully saturated rings. The molecule has 2 nitrogen and oxygen atoms in total. The second-order valence-corrected chi connectivity index (χ2v) is 3.85. The molecule has 0 aliphatic heterocycles. The van der Waals surface area contributed by atoms with Gasteiger partial charge in [-0.15, -0.1) is 0 Å². The molecule has 0 N–H and O–H groups in total. The third-order valence-electron chi connectivity index (χ3n) is 2.57. The summed E-state index contributed by atoms with van der Waals surface area (Å²) in [6.45, 7) is 1.68. The van der Waals surface area contributed by atoms with Crippen LogP contribution in [0.1, 0.15) is 21.7 Å². The summed E-state index contributed by atoms with van der Waals surface area (Å²) in [5.41, 5.74) is 0.236. The van der Waals surface area contributed by atoms with E-state index in [-0.39, 0.29) is 11.5 Å². The van der Waals surface area contributed by atoms with Gasteiger partial charge in [0.05, 0.1) is 5.56 Å². The first-order chi connectivity index (χ1) is 8.41. The van der Waals surface area contributed by atoms with Crippen LogP contribution in [0, 0.1) is 6.92 Å². The number of hydrogen-bond donors (Lipinski definition) is 0. The van der Waals surface area contributed by atoms with Gasteiger partial charge in [0.2, 0.25) is 0 Å². The van der Waals surface area contributed by atoms with E-state index in [9.17, 15) is 18.0 Å². The van der Waals surface area contributed by atoms with Gasteiger partial charge < -0.3 is 4.42 Å². The van der Waals surface area contributed by atoms with Crippen LogP contribution in [-0.4, -0.2) is 6.29 Å². The molecular formula is C13H9F3O2. The zero-order valence-corrected chi connectivity index (χ0v) is 9.41. The lowest BCUT2D eigenvalue weighted by Crippen LogP contribution is -2.05. The molecule has 0 aliphatic rings. The summed E-state index contributed by atoms with van der Waals surface area (Å²) in [6, 6.07) is 6.31. The summed E-state index contributed by atoms with van der Waals surface area (Å²) in [6.07, 6.45) is -3.89. The molecule has 1 heterocycles. The molecule has 0 aliphatic carbocycles. The zero-order valence-electron chi connectivity index (χ0n) is 9.41. The smallest absolute Gasteiger partial charge is 0.416 e. The van der Waals surface area contributed by atoms with E-state index in [4.69, 9.17) is 4.42 Å². The Labute approximate surface area is 101 Å². The van der Waals surface area contributed by atoms with Gasteiger partial charge in [0.1, 0.15) is 5.76 Å². The van der Waals surface area contributed by atoms with E-state index in [1.165, 1.54) is 18.2 Å². The van der Waals surface area contributed by atoms with Gasteiger partial charge in [-0.25, -0.2) is 0 Å². The molecule has 0 spiro atoms. The first kappa shape index (κ1) is 12.4. The minimum atomic E-state index is -4.40. The van der Waals surface area contributed by atoms with E-state index in [1.807, 2.05) is 0 Å². The summed E-state index contributed by atoms with van der Waals surface area (Å²) in [5.74, 6) is 0.336. The Morgan fingerprint density at radius 3 is 2.44 bits per heavy atom. The molecule has 0 saturated carbocycles. The number of halogens is 3. The monoisotopic (exact) mass is 254 g/mol. The first-order valence-corrected chi connectivity index (χ1v) is 5.15. The Kier molecular flexibility index (Phi) is 2.98. The fraction of sp³-hybridized carbons (Fsp3) is 0.154. The van der Waals surface area contributed by atoms with E-state index in [2.05, 4.69) is 0 Å². The molecule has 1 aromatic heterocycles. The average Bonchev–Trinajstić information content (AvgIpc) is 2.76. The molecule has 0 bridgehead atoms. The van der Waals surface area contributed by atoms with Crippen molar-refractivity contribution in [1.29, 1.82) is 0 Å². The summed E-state index contributed by atoms with van der Waals surface area (Å²) in [4.78, 5) is 10.5. The molecule has 94 valence electrons. The summed E-state index contributed by atoms with van der Waals surface area (Å²) in [5, 5.41) is 0. The molecule has 2 rings (SSSR count). The molecule has 5 heteroatoms. The third kappa shape index (κ3) is 2.30. The molecule has 1 aromatic carbocycles. The summed E-state index contributed by atoms with van der Waals surface area (Å²) < 4.78 is 42.9. The van der Waals surface area contributed by atoms with E-state index in [1.54, 1.807) is 6.92 Å². The first-order valence-electron chi connectivity index (χ1n) is 5.15. The summed E-state index contributed by atoms with van der Waals surface area (Å²) >= 11 is 0. The molecule has 0 amide bonds. The average molecular weight is 254 g/mol. The van der Waals surface area contributed by atoms with Crippen molar-refractivity contribution >= 4 is 6.29 Å². The van der Waals surface area contributed by atoms with Crippen LogP contribution < -0.4 is 0 Å². The Morgan fingerprint density at radius 2 is 1.89 bits per heavy atom. The molecule has 0 saturated heterocycles. The number of alkyl halides is 3. The van der Waals surface area contributed by atoms with Gasteiger partial charge in [-0.1, -0.05) is 6.07 Å². The highest BCUT2D eigenvalue weighted by molar-refractivity contribution is 5.73. The van der Waals surface area contributed by atoms with Crippen molar-refractivity contribution in [3.63, 3.8) is 0 Å². The maximum atomic E-state index is 12.6. The van der Waals surface area contributed by atoms with E-state index in [0.717, 1.165) is 12.1 Å². The van der Waals surface area contributed by atoms with Crippen LogP contribution in [0.3, 0.4) is 0 Å². The number of hydrogen-bond acceptors (Lipinski definition) is 2. The number of benzene rings is 1. The van der Waals surface area contributed by atoms with Crippen molar-refractivity contribution < 1.29 is 22.4 Å². The molecular weight excluding hydrogens is 245 g/mol. The fourth-order valence-corrected chi connectivity index (χ4v) is 1.62. The van der Waals surface area contributed by atoms with Crippen molar-refractivity contribution in [2.75, 3.05) is 0 Å². The predicted octanol–water partition coefficient (Wildman–Crippen LogP) is 4.09. The van der Waals surface area contributed by atoms with Gasteiger partial charge in [-0.2, -0.15) is 13.2 Å². The summed E-state index contributed by atoms with van der Waals surface area (Å²) in [7, 11) is 0. The number of carbonyl (C=O) groups excluding carboxylic acids is 1. The normalized spacial score (nSPS) is 11.6. The molecule has 0 radical (unpaired) electrons. The Bertz CT molecular complexity index is 582. The largest absolute Gasteiger partial charge is 0.453 e. The van der Waals surface area contributed by atoms with Gasteiger partial charge in [0.25, 0.3) is 0 Å². The number of rotatable bonds is 2. The topological polar surface area (TPSA) is 30.2 Å². The van der Waals surface area contributed by atoms with Crippen molar-refractivity contribution in [1.82, 2.24) is 0 Å². The van der Waals surface area contributed by atoms with Crippen molar-refractivity contribution in [2.24, 2.45) is 0 Å². The standard InChI is InChI=1S/C13H9F3O2/c1-8-2-3-9(13(14,15)16)6-11(8)12-5-4-10(7-17)18-12/h2-7H,1H3.